The Bertz CT molecular complexity index is 402. The summed E-state index contributed by atoms with van der Waals surface area (Å²) >= 11 is 0. The van der Waals surface area contributed by atoms with E-state index in [-0.39, 0.29) is 0 Å². The van der Waals surface area contributed by atoms with E-state index in [0.717, 1.165) is 30.4 Å². The van der Waals surface area contributed by atoms with E-state index in [9.17, 15) is 5.11 Å². The predicted octanol–water partition coefficient (Wildman–Crippen LogP) is 3.26. The van der Waals surface area contributed by atoms with Crippen LogP contribution in [0.15, 0.2) is 24.8 Å². The normalized spacial score (nSPS) is 24.7. The maximum atomic E-state index is 10.2. The summed E-state index contributed by atoms with van der Waals surface area (Å²) in [6.45, 7) is 7.87. The zero-order chi connectivity index (χ0) is 11.1. The smallest absolute Gasteiger partial charge is 0.0871 e. The van der Waals surface area contributed by atoms with Gasteiger partial charge in [0, 0.05) is 0 Å². The van der Waals surface area contributed by atoms with Gasteiger partial charge in [-0.3, -0.25) is 0 Å². The quantitative estimate of drug-likeness (QED) is 0.741. The number of allylic oxidation sites excluding steroid dienone is 1. The average molecular weight is 202 g/mol. The van der Waals surface area contributed by atoms with Crippen molar-refractivity contribution < 1.29 is 5.11 Å². The molecule has 0 bridgehead atoms. The monoisotopic (exact) mass is 202 g/mol. The molecule has 0 aromatic heterocycles. The van der Waals surface area contributed by atoms with Crippen molar-refractivity contribution in [2.75, 3.05) is 0 Å². The largest absolute Gasteiger partial charge is 0.385 e. The molecule has 0 heterocycles. The molecule has 0 fully saturated rings. The average Bonchev–Trinajstić information content (AvgIpc) is 2.16. The van der Waals surface area contributed by atoms with Crippen LogP contribution < -0.4 is 0 Å². The Labute approximate surface area is 91.4 Å². The van der Waals surface area contributed by atoms with Gasteiger partial charge in [-0.25, -0.2) is 0 Å². The van der Waals surface area contributed by atoms with E-state index >= 15 is 0 Å². The molecule has 1 aromatic rings. The third-order valence-corrected chi connectivity index (χ3v) is 3.29. The number of aryl methyl sites for hydroxylation is 1. The topological polar surface area (TPSA) is 20.2 Å². The fourth-order valence-corrected chi connectivity index (χ4v) is 2.35. The molecule has 0 amide bonds. The first-order valence-corrected chi connectivity index (χ1v) is 5.52. The van der Waals surface area contributed by atoms with E-state index in [0.29, 0.717) is 0 Å². The highest BCUT2D eigenvalue weighted by atomic mass is 16.3. The Morgan fingerprint density at radius 2 is 2.20 bits per heavy atom. The van der Waals surface area contributed by atoms with Gasteiger partial charge >= 0.3 is 0 Å². The van der Waals surface area contributed by atoms with Gasteiger partial charge in [-0.1, -0.05) is 30.4 Å². The first-order valence-electron chi connectivity index (χ1n) is 5.52. The van der Waals surface area contributed by atoms with Gasteiger partial charge in [0.2, 0.25) is 0 Å². The lowest BCUT2D eigenvalue weighted by atomic mass is 9.79. The number of hydrogen-bond donors (Lipinski definition) is 1. The second-order valence-corrected chi connectivity index (χ2v) is 4.78. The zero-order valence-corrected chi connectivity index (χ0v) is 9.51. The second kappa shape index (κ2) is 3.49. The molecule has 0 spiro atoms. The molecule has 1 aliphatic rings. The molecular weight excluding hydrogens is 184 g/mol. The molecule has 0 aliphatic heterocycles. The van der Waals surface area contributed by atoms with Crippen LogP contribution in [0, 0.1) is 0 Å². The van der Waals surface area contributed by atoms with E-state index in [4.69, 9.17) is 0 Å². The highest BCUT2D eigenvalue weighted by Crippen LogP contribution is 2.35. The van der Waals surface area contributed by atoms with Gasteiger partial charge in [-0.2, -0.15) is 0 Å². The lowest BCUT2D eigenvalue weighted by molar-refractivity contribution is 0.0387. The van der Waals surface area contributed by atoms with Crippen molar-refractivity contribution in [2.24, 2.45) is 0 Å². The van der Waals surface area contributed by atoms with E-state index in [2.05, 4.69) is 24.8 Å². The van der Waals surface area contributed by atoms with Gasteiger partial charge in [0.25, 0.3) is 0 Å². The molecule has 0 saturated heterocycles. The third-order valence-electron chi connectivity index (χ3n) is 3.29. The minimum atomic E-state index is -0.638. The minimum absolute atomic E-state index is 0.638. The van der Waals surface area contributed by atoms with Crippen LogP contribution in [-0.4, -0.2) is 5.11 Å². The summed E-state index contributed by atoms with van der Waals surface area (Å²) in [7, 11) is 0. The first kappa shape index (κ1) is 10.4. The molecule has 80 valence electrons. The molecule has 1 nitrogen and oxygen atoms in total. The van der Waals surface area contributed by atoms with Crippen molar-refractivity contribution >= 4 is 5.57 Å². The molecule has 15 heavy (non-hydrogen) atoms. The maximum Gasteiger partial charge on any atom is 0.0871 e. The van der Waals surface area contributed by atoms with Crippen molar-refractivity contribution in [1.29, 1.82) is 0 Å². The van der Waals surface area contributed by atoms with Crippen LogP contribution in [0.4, 0.5) is 0 Å². The molecule has 2 rings (SSSR count). The fraction of sp³-hybridized carbons (Fsp3) is 0.429. The number of aliphatic hydroxyl groups is 1. The molecule has 0 radical (unpaired) electrons. The van der Waals surface area contributed by atoms with E-state index in [1.807, 2.05) is 13.8 Å². The molecule has 1 aromatic carbocycles. The minimum Gasteiger partial charge on any atom is -0.385 e. The Hall–Kier alpha value is -1.08. The van der Waals surface area contributed by atoms with Gasteiger partial charge in [0.05, 0.1) is 5.60 Å². The SMILES string of the molecule is C=C(C)c1ccc2c(c1)CCCC2(C)O. The Kier molecular flexibility index (Phi) is 2.43. The fourth-order valence-electron chi connectivity index (χ4n) is 2.35. The van der Waals surface area contributed by atoms with Crippen molar-refractivity contribution in [3.8, 4) is 0 Å². The predicted molar refractivity (Wildman–Crippen MR) is 63.7 cm³/mol. The van der Waals surface area contributed by atoms with E-state index in [1.54, 1.807) is 0 Å². The van der Waals surface area contributed by atoms with Gasteiger partial charge < -0.3 is 5.11 Å². The molecular formula is C14H18O. The lowest BCUT2D eigenvalue weighted by Gasteiger charge is -2.31. The van der Waals surface area contributed by atoms with Crippen LogP contribution in [0.3, 0.4) is 0 Å². The summed E-state index contributed by atoms with van der Waals surface area (Å²) in [5, 5.41) is 10.2. The molecule has 1 heteroatoms. The van der Waals surface area contributed by atoms with Gasteiger partial charge in [0.15, 0.2) is 0 Å². The number of benzene rings is 1. The number of hydrogen-bond acceptors (Lipinski definition) is 1. The Morgan fingerprint density at radius 3 is 2.87 bits per heavy atom. The molecule has 1 unspecified atom stereocenters. The summed E-state index contributed by atoms with van der Waals surface area (Å²) in [6.07, 6.45) is 3.01. The number of fused-ring (bicyclic) bond motifs is 1. The third kappa shape index (κ3) is 1.84. The molecule has 1 aliphatic carbocycles. The lowest BCUT2D eigenvalue weighted by Crippen LogP contribution is -2.26. The molecule has 1 N–H and O–H groups in total. The van der Waals surface area contributed by atoms with Gasteiger partial charge in [0.1, 0.15) is 0 Å². The van der Waals surface area contributed by atoms with Crippen LogP contribution in [0.25, 0.3) is 5.57 Å². The van der Waals surface area contributed by atoms with Crippen LogP contribution in [0.1, 0.15) is 43.4 Å². The number of rotatable bonds is 1. The summed E-state index contributed by atoms with van der Waals surface area (Å²) in [6, 6.07) is 6.28. The Balaban J connectivity index is 2.50. The summed E-state index contributed by atoms with van der Waals surface area (Å²) < 4.78 is 0. The van der Waals surface area contributed by atoms with Crippen molar-refractivity contribution in [3.63, 3.8) is 0 Å². The molecule has 0 saturated carbocycles. The zero-order valence-electron chi connectivity index (χ0n) is 9.51. The van der Waals surface area contributed by atoms with Crippen LogP contribution >= 0.6 is 0 Å². The van der Waals surface area contributed by atoms with Crippen molar-refractivity contribution in [3.05, 3.63) is 41.5 Å². The molecule has 1 atom stereocenters. The van der Waals surface area contributed by atoms with Crippen LogP contribution in [0.2, 0.25) is 0 Å². The van der Waals surface area contributed by atoms with E-state index in [1.165, 1.54) is 11.1 Å². The van der Waals surface area contributed by atoms with Crippen LogP contribution in [0.5, 0.6) is 0 Å². The summed E-state index contributed by atoms with van der Waals surface area (Å²) in [4.78, 5) is 0. The summed E-state index contributed by atoms with van der Waals surface area (Å²) in [5.41, 5.74) is 4.02. The highest BCUT2D eigenvalue weighted by molar-refractivity contribution is 5.63. The standard InChI is InChI=1S/C14H18O/c1-10(2)11-6-7-13-12(9-11)5-4-8-14(13,3)15/h6-7,9,15H,1,4-5,8H2,2-3H3. The van der Waals surface area contributed by atoms with Crippen molar-refractivity contribution in [2.45, 2.75) is 38.7 Å². The highest BCUT2D eigenvalue weighted by Gasteiger charge is 2.29. The Morgan fingerprint density at radius 1 is 1.47 bits per heavy atom. The van der Waals surface area contributed by atoms with Gasteiger partial charge in [-0.15, -0.1) is 0 Å². The second-order valence-electron chi connectivity index (χ2n) is 4.78. The van der Waals surface area contributed by atoms with Crippen molar-refractivity contribution in [1.82, 2.24) is 0 Å². The maximum absolute atomic E-state index is 10.2. The van der Waals surface area contributed by atoms with Gasteiger partial charge in [-0.05, 0) is 49.8 Å². The summed E-state index contributed by atoms with van der Waals surface area (Å²) in [5.74, 6) is 0. The van der Waals surface area contributed by atoms with Crippen LogP contribution in [-0.2, 0) is 12.0 Å². The first-order chi connectivity index (χ1) is 7.00. The van der Waals surface area contributed by atoms with E-state index < -0.39 is 5.60 Å².